The fourth-order valence-corrected chi connectivity index (χ4v) is 3.88. The summed E-state index contributed by atoms with van der Waals surface area (Å²) in [5.74, 6) is -0.563. The largest absolute Gasteiger partial charge is 0.333 e. The number of sulfonamides is 1. The minimum atomic E-state index is -3.81. The normalized spacial score (nSPS) is 17.8. The van der Waals surface area contributed by atoms with Gasteiger partial charge in [0.1, 0.15) is 5.82 Å². The van der Waals surface area contributed by atoms with Crippen molar-refractivity contribution in [2.24, 2.45) is 0 Å². The summed E-state index contributed by atoms with van der Waals surface area (Å²) >= 11 is 0. The van der Waals surface area contributed by atoms with Crippen LogP contribution in [0.2, 0.25) is 0 Å². The summed E-state index contributed by atoms with van der Waals surface area (Å²) in [4.78, 5) is 14.4. The maximum atomic E-state index is 12.9. The lowest BCUT2D eigenvalue weighted by Gasteiger charge is -2.34. The predicted octanol–water partition coefficient (Wildman–Crippen LogP) is 2.06. The lowest BCUT2D eigenvalue weighted by atomic mass is 10.1. The highest BCUT2D eigenvalue weighted by molar-refractivity contribution is 7.92. The summed E-state index contributed by atoms with van der Waals surface area (Å²) in [5.41, 5.74) is 0.709. The zero-order valence-electron chi connectivity index (χ0n) is 14.3. The lowest BCUT2D eigenvalue weighted by Crippen LogP contribution is -2.52. The van der Waals surface area contributed by atoms with Crippen LogP contribution in [0.25, 0.3) is 0 Å². The van der Waals surface area contributed by atoms with Crippen molar-refractivity contribution in [2.75, 3.05) is 24.4 Å². The van der Waals surface area contributed by atoms with E-state index < -0.39 is 15.8 Å². The molecule has 138 valence electrons. The number of benzene rings is 2. The van der Waals surface area contributed by atoms with Gasteiger partial charge in [-0.2, -0.15) is 0 Å². The van der Waals surface area contributed by atoms with E-state index in [-0.39, 0.29) is 22.5 Å². The highest BCUT2D eigenvalue weighted by Crippen LogP contribution is 2.18. The number of halogens is 1. The summed E-state index contributed by atoms with van der Waals surface area (Å²) in [7, 11) is -3.81. The van der Waals surface area contributed by atoms with Gasteiger partial charge in [0, 0.05) is 36.9 Å². The first-order chi connectivity index (χ1) is 12.4. The standard InChI is InChI=1S/C18H20FN3O3S/c1-13-12-20-10-11-22(13)18(23)14-2-8-17(9-3-14)26(24,25)21-16-6-4-15(19)5-7-16/h2-9,13,20-21H,10-12H2,1H3/t13-/m1/s1. The third-order valence-electron chi connectivity index (χ3n) is 4.27. The van der Waals surface area contributed by atoms with Gasteiger partial charge in [-0.3, -0.25) is 9.52 Å². The smallest absolute Gasteiger partial charge is 0.261 e. The molecule has 0 aliphatic carbocycles. The van der Waals surface area contributed by atoms with E-state index >= 15 is 0 Å². The Morgan fingerprint density at radius 1 is 1.15 bits per heavy atom. The molecular formula is C18H20FN3O3S. The van der Waals surface area contributed by atoms with E-state index in [0.29, 0.717) is 12.1 Å². The molecule has 0 bridgehead atoms. The van der Waals surface area contributed by atoms with Crippen molar-refractivity contribution < 1.29 is 17.6 Å². The van der Waals surface area contributed by atoms with Gasteiger partial charge < -0.3 is 10.2 Å². The Labute approximate surface area is 152 Å². The fourth-order valence-electron chi connectivity index (χ4n) is 2.82. The van der Waals surface area contributed by atoms with Crippen LogP contribution in [0, 0.1) is 5.82 Å². The first kappa shape index (κ1) is 18.3. The molecular weight excluding hydrogens is 357 g/mol. The Morgan fingerprint density at radius 3 is 2.42 bits per heavy atom. The summed E-state index contributed by atoms with van der Waals surface area (Å²) < 4.78 is 40.1. The zero-order chi connectivity index (χ0) is 18.7. The van der Waals surface area contributed by atoms with Crippen LogP contribution in [0.1, 0.15) is 17.3 Å². The SMILES string of the molecule is C[C@@H]1CNCCN1C(=O)c1ccc(S(=O)(=O)Nc2ccc(F)cc2)cc1. The van der Waals surface area contributed by atoms with E-state index in [1.54, 1.807) is 4.90 Å². The molecule has 2 aromatic rings. The molecule has 26 heavy (non-hydrogen) atoms. The van der Waals surface area contributed by atoms with Crippen molar-refractivity contribution in [3.05, 3.63) is 59.9 Å². The molecule has 1 atom stereocenters. The number of hydrogen-bond acceptors (Lipinski definition) is 4. The van der Waals surface area contributed by atoms with Crippen LogP contribution in [0.3, 0.4) is 0 Å². The second kappa shape index (κ2) is 7.43. The molecule has 0 unspecified atom stereocenters. The van der Waals surface area contributed by atoms with Gasteiger partial charge in [0.2, 0.25) is 0 Å². The van der Waals surface area contributed by atoms with E-state index in [1.807, 2.05) is 6.92 Å². The number of rotatable bonds is 4. The molecule has 2 aromatic carbocycles. The molecule has 1 amide bonds. The van der Waals surface area contributed by atoms with Gasteiger partial charge in [0.05, 0.1) is 4.90 Å². The van der Waals surface area contributed by atoms with E-state index in [1.165, 1.54) is 48.5 Å². The van der Waals surface area contributed by atoms with Crippen molar-refractivity contribution in [2.45, 2.75) is 17.9 Å². The van der Waals surface area contributed by atoms with Crippen LogP contribution in [-0.4, -0.2) is 44.9 Å². The van der Waals surface area contributed by atoms with Crippen LogP contribution in [0.5, 0.6) is 0 Å². The van der Waals surface area contributed by atoms with Gasteiger partial charge in [0.15, 0.2) is 0 Å². The zero-order valence-corrected chi connectivity index (χ0v) is 15.1. The molecule has 0 radical (unpaired) electrons. The van der Waals surface area contributed by atoms with Gasteiger partial charge in [-0.25, -0.2) is 12.8 Å². The van der Waals surface area contributed by atoms with Crippen LogP contribution in [0.4, 0.5) is 10.1 Å². The minimum Gasteiger partial charge on any atom is -0.333 e. The molecule has 1 aliphatic rings. The summed E-state index contributed by atoms with van der Waals surface area (Å²) in [6.45, 7) is 4.06. The van der Waals surface area contributed by atoms with E-state index in [0.717, 1.165) is 13.1 Å². The second-order valence-corrected chi connectivity index (χ2v) is 7.87. The van der Waals surface area contributed by atoms with E-state index in [4.69, 9.17) is 0 Å². The van der Waals surface area contributed by atoms with Gasteiger partial charge in [-0.05, 0) is 55.5 Å². The highest BCUT2D eigenvalue weighted by atomic mass is 32.2. The van der Waals surface area contributed by atoms with Gasteiger partial charge >= 0.3 is 0 Å². The van der Waals surface area contributed by atoms with E-state index in [9.17, 15) is 17.6 Å². The molecule has 1 fully saturated rings. The molecule has 2 N–H and O–H groups in total. The number of piperazine rings is 1. The third kappa shape index (κ3) is 4.03. The van der Waals surface area contributed by atoms with E-state index in [2.05, 4.69) is 10.0 Å². The van der Waals surface area contributed by atoms with Crippen molar-refractivity contribution in [3.63, 3.8) is 0 Å². The van der Waals surface area contributed by atoms with Crippen LogP contribution >= 0.6 is 0 Å². The lowest BCUT2D eigenvalue weighted by molar-refractivity contribution is 0.0655. The molecule has 6 nitrogen and oxygen atoms in total. The number of nitrogens with one attached hydrogen (secondary N) is 2. The Kier molecular flexibility index (Phi) is 5.24. The third-order valence-corrected chi connectivity index (χ3v) is 5.67. The number of nitrogens with zero attached hydrogens (tertiary/aromatic N) is 1. The maximum absolute atomic E-state index is 12.9. The van der Waals surface area contributed by atoms with Gasteiger partial charge in [-0.1, -0.05) is 0 Å². The number of amides is 1. The van der Waals surface area contributed by atoms with Crippen molar-refractivity contribution >= 4 is 21.6 Å². The Morgan fingerprint density at radius 2 is 1.81 bits per heavy atom. The number of hydrogen-bond donors (Lipinski definition) is 2. The predicted molar refractivity (Wildman–Crippen MR) is 97.0 cm³/mol. The van der Waals surface area contributed by atoms with Crippen LogP contribution in [0.15, 0.2) is 53.4 Å². The Balaban J connectivity index is 1.75. The number of carbonyl (C=O) groups is 1. The molecule has 0 aromatic heterocycles. The van der Waals surface area contributed by atoms with Gasteiger partial charge in [0.25, 0.3) is 15.9 Å². The average Bonchev–Trinajstić information content (AvgIpc) is 2.63. The Bertz CT molecular complexity index is 883. The second-order valence-electron chi connectivity index (χ2n) is 6.19. The average molecular weight is 377 g/mol. The topological polar surface area (TPSA) is 78.5 Å². The highest BCUT2D eigenvalue weighted by Gasteiger charge is 2.24. The summed E-state index contributed by atoms with van der Waals surface area (Å²) in [6.07, 6.45) is 0. The summed E-state index contributed by atoms with van der Waals surface area (Å²) in [5, 5.41) is 3.22. The first-order valence-corrected chi connectivity index (χ1v) is 9.75. The monoisotopic (exact) mass is 377 g/mol. The molecule has 3 rings (SSSR count). The van der Waals surface area contributed by atoms with Crippen molar-refractivity contribution in [1.82, 2.24) is 10.2 Å². The minimum absolute atomic E-state index is 0.0340. The maximum Gasteiger partial charge on any atom is 0.261 e. The molecule has 1 heterocycles. The van der Waals surface area contributed by atoms with Gasteiger partial charge in [-0.15, -0.1) is 0 Å². The summed E-state index contributed by atoms with van der Waals surface area (Å²) in [6, 6.07) is 10.9. The van der Waals surface area contributed by atoms with Crippen LogP contribution in [-0.2, 0) is 10.0 Å². The molecule has 0 saturated carbocycles. The first-order valence-electron chi connectivity index (χ1n) is 8.27. The number of anilines is 1. The number of carbonyl (C=O) groups excluding carboxylic acids is 1. The molecule has 1 aliphatic heterocycles. The molecule has 1 saturated heterocycles. The van der Waals surface area contributed by atoms with Crippen molar-refractivity contribution in [3.8, 4) is 0 Å². The Hall–Kier alpha value is -2.45. The molecule has 8 heteroatoms. The van der Waals surface area contributed by atoms with Crippen LogP contribution < -0.4 is 10.0 Å². The quantitative estimate of drug-likeness (QED) is 0.855. The fraction of sp³-hybridized carbons (Fsp3) is 0.278. The molecule has 0 spiro atoms. The van der Waals surface area contributed by atoms with Crippen molar-refractivity contribution in [1.29, 1.82) is 0 Å².